The highest BCUT2D eigenvalue weighted by Crippen LogP contribution is 2.27. The zero-order valence-corrected chi connectivity index (χ0v) is 12.5. The summed E-state index contributed by atoms with van der Waals surface area (Å²) < 4.78 is 24.7. The first-order chi connectivity index (χ1) is 11.2. The summed E-state index contributed by atoms with van der Waals surface area (Å²) in [5.41, 5.74) is 0.528. The smallest absolute Gasteiger partial charge is 0.274 e. The molecule has 2 heterocycles. The van der Waals surface area contributed by atoms with Crippen LogP contribution < -0.4 is 10.1 Å². The zero-order valence-electron chi connectivity index (χ0n) is 12.5. The average Bonchev–Trinajstić information content (AvgIpc) is 3.08. The monoisotopic (exact) mass is 316 g/mol. The molecule has 1 N–H and O–H groups in total. The molecule has 5 nitrogen and oxygen atoms in total. The molecule has 1 aliphatic heterocycles. The predicted octanol–water partition coefficient (Wildman–Crippen LogP) is 3.03. The van der Waals surface area contributed by atoms with Gasteiger partial charge in [-0.15, -0.1) is 0 Å². The van der Waals surface area contributed by atoms with E-state index in [1.165, 1.54) is 24.4 Å². The molecule has 0 radical (unpaired) electrons. The summed E-state index contributed by atoms with van der Waals surface area (Å²) in [6.07, 6.45) is 3.52. The normalized spacial score (nSPS) is 17.0. The van der Waals surface area contributed by atoms with Crippen molar-refractivity contribution in [1.29, 1.82) is 0 Å². The largest absolute Gasteiger partial charge is 0.489 e. The summed E-state index contributed by atoms with van der Waals surface area (Å²) in [5, 5.41) is 2.64. The van der Waals surface area contributed by atoms with Gasteiger partial charge >= 0.3 is 0 Å². The lowest BCUT2D eigenvalue weighted by atomic mass is 10.2. The molecule has 1 aromatic carbocycles. The number of carbonyl (C=O) groups is 1. The molecule has 1 aromatic heterocycles. The minimum atomic E-state index is -0.453. The Balaban J connectivity index is 1.72. The number of halogens is 1. The van der Waals surface area contributed by atoms with Gasteiger partial charge in [0, 0.05) is 18.9 Å². The minimum Gasteiger partial charge on any atom is -0.489 e. The predicted molar refractivity (Wildman–Crippen MR) is 83.1 cm³/mol. The van der Waals surface area contributed by atoms with Crippen molar-refractivity contribution in [3.8, 4) is 5.75 Å². The van der Waals surface area contributed by atoms with E-state index in [0.29, 0.717) is 12.4 Å². The van der Waals surface area contributed by atoms with Gasteiger partial charge in [-0.25, -0.2) is 4.39 Å². The van der Waals surface area contributed by atoms with Crippen LogP contribution in [0.15, 0.2) is 42.6 Å². The molecule has 3 rings (SSSR count). The summed E-state index contributed by atoms with van der Waals surface area (Å²) in [6.45, 7) is 1.11. The number of aromatic nitrogens is 1. The van der Waals surface area contributed by atoms with Crippen LogP contribution in [0.2, 0.25) is 0 Å². The van der Waals surface area contributed by atoms with Crippen molar-refractivity contribution in [3.63, 3.8) is 0 Å². The molecular weight excluding hydrogens is 299 g/mol. The van der Waals surface area contributed by atoms with E-state index >= 15 is 0 Å². The number of nitrogens with one attached hydrogen (secondary N) is 1. The quantitative estimate of drug-likeness (QED) is 0.921. The fraction of sp³-hybridized carbons (Fsp3) is 0.294. The van der Waals surface area contributed by atoms with Gasteiger partial charge in [-0.2, -0.15) is 0 Å². The topological polar surface area (TPSA) is 60.5 Å². The highest BCUT2D eigenvalue weighted by Gasteiger charge is 2.18. The number of amides is 1. The van der Waals surface area contributed by atoms with Crippen LogP contribution in [0.25, 0.3) is 0 Å². The van der Waals surface area contributed by atoms with E-state index in [4.69, 9.17) is 9.47 Å². The second-order valence-corrected chi connectivity index (χ2v) is 5.26. The van der Waals surface area contributed by atoms with Gasteiger partial charge in [-0.3, -0.25) is 9.78 Å². The molecule has 0 saturated carbocycles. The molecule has 1 aliphatic rings. The molecule has 1 amide bonds. The zero-order chi connectivity index (χ0) is 16.1. The maximum Gasteiger partial charge on any atom is 0.274 e. The first-order valence-corrected chi connectivity index (χ1v) is 7.49. The van der Waals surface area contributed by atoms with E-state index < -0.39 is 11.7 Å². The lowest BCUT2D eigenvalue weighted by molar-refractivity contribution is 0.0681. The SMILES string of the molecule is O=C(Nc1cc(F)ccc1OCC1CCCO1)c1ccccn1. The molecule has 1 fully saturated rings. The van der Waals surface area contributed by atoms with Gasteiger partial charge in [0.2, 0.25) is 0 Å². The van der Waals surface area contributed by atoms with Gasteiger partial charge in [0.05, 0.1) is 11.8 Å². The third-order valence-corrected chi connectivity index (χ3v) is 3.54. The summed E-state index contributed by atoms with van der Waals surface area (Å²) in [4.78, 5) is 16.1. The van der Waals surface area contributed by atoms with Crippen LogP contribution in [0.5, 0.6) is 5.75 Å². The van der Waals surface area contributed by atoms with Crippen LogP contribution in [0.3, 0.4) is 0 Å². The second-order valence-electron chi connectivity index (χ2n) is 5.26. The third kappa shape index (κ3) is 4.04. The standard InChI is InChI=1S/C17H17FN2O3/c18-12-6-7-16(23-11-13-4-3-9-22-13)15(10-12)20-17(21)14-5-1-2-8-19-14/h1-2,5-8,10,13H,3-4,9,11H2,(H,20,21). The van der Waals surface area contributed by atoms with E-state index in [9.17, 15) is 9.18 Å². The molecule has 120 valence electrons. The summed E-state index contributed by atoms with van der Waals surface area (Å²) in [5.74, 6) is -0.463. The van der Waals surface area contributed by atoms with E-state index in [1.54, 1.807) is 18.2 Å². The molecule has 0 bridgehead atoms. The molecule has 1 atom stereocenters. The third-order valence-electron chi connectivity index (χ3n) is 3.54. The Labute approximate surface area is 133 Å². The van der Waals surface area contributed by atoms with Crippen LogP contribution in [-0.4, -0.2) is 30.2 Å². The Hall–Kier alpha value is -2.47. The van der Waals surface area contributed by atoms with Crippen LogP contribution in [-0.2, 0) is 4.74 Å². The molecule has 2 aromatic rings. The van der Waals surface area contributed by atoms with Crippen molar-refractivity contribution in [2.24, 2.45) is 0 Å². The summed E-state index contributed by atoms with van der Waals surface area (Å²) in [6, 6.07) is 9.03. The molecule has 0 spiro atoms. The fourth-order valence-corrected chi connectivity index (χ4v) is 2.37. The van der Waals surface area contributed by atoms with Crippen LogP contribution >= 0.6 is 0 Å². The van der Waals surface area contributed by atoms with E-state index in [2.05, 4.69) is 10.3 Å². The van der Waals surface area contributed by atoms with Gasteiger partial charge in [-0.05, 0) is 37.1 Å². The van der Waals surface area contributed by atoms with Crippen molar-refractivity contribution in [2.45, 2.75) is 18.9 Å². The Morgan fingerprint density at radius 2 is 2.30 bits per heavy atom. The number of nitrogens with zero attached hydrogens (tertiary/aromatic N) is 1. The Morgan fingerprint density at radius 3 is 3.04 bits per heavy atom. The maximum absolute atomic E-state index is 13.5. The van der Waals surface area contributed by atoms with Gasteiger partial charge in [0.25, 0.3) is 5.91 Å². The number of hydrogen-bond acceptors (Lipinski definition) is 4. The number of rotatable bonds is 5. The van der Waals surface area contributed by atoms with Crippen molar-refractivity contribution in [3.05, 3.63) is 54.1 Å². The van der Waals surface area contributed by atoms with Crippen molar-refractivity contribution in [2.75, 3.05) is 18.5 Å². The Morgan fingerprint density at radius 1 is 1.39 bits per heavy atom. The molecule has 23 heavy (non-hydrogen) atoms. The van der Waals surface area contributed by atoms with Crippen molar-refractivity contribution < 1.29 is 18.7 Å². The summed E-state index contributed by atoms with van der Waals surface area (Å²) in [7, 11) is 0. The molecule has 1 unspecified atom stereocenters. The fourth-order valence-electron chi connectivity index (χ4n) is 2.37. The van der Waals surface area contributed by atoms with Crippen LogP contribution in [0.1, 0.15) is 23.3 Å². The molecular formula is C17H17FN2O3. The van der Waals surface area contributed by atoms with Crippen LogP contribution in [0.4, 0.5) is 10.1 Å². The Kier molecular flexibility index (Phi) is 4.83. The van der Waals surface area contributed by atoms with Gasteiger partial charge in [0.1, 0.15) is 23.9 Å². The lowest BCUT2D eigenvalue weighted by Gasteiger charge is -2.15. The molecule has 6 heteroatoms. The minimum absolute atomic E-state index is 0.0411. The number of pyridine rings is 1. The Bertz CT molecular complexity index is 673. The maximum atomic E-state index is 13.5. The van der Waals surface area contributed by atoms with E-state index in [-0.39, 0.29) is 17.5 Å². The van der Waals surface area contributed by atoms with Crippen LogP contribution in [0, 0.1) is 5.82 Å². The molecule has 1 saturated heterocycles. The van der Waals surface area contributed by atoms with E-state index in [0.717, 1.165) is 19.4 Å². The summed E-state index contributed by atoms with van der Waals surface area (Å²) >= 11 is 0. The van der Waals surface area contributed by atoms with Gasteiger partial charge in [-0.1, -0.05) is 6.07 Å². The number of benzene rings is 1. The number of carbonyl (C=O) groups excluding carboxylic acids is 1. The second kappa shape index (κ2) is 7.19. The highest BCUT2D eigenvalue weighted by atomic mass is 19.1. The first kappa shape index (κ1) is 15.4. The van der Waals surface area contributed by atoms with E-state index in [1.807, 2.05) is 0 Å². The molecule has 0 aliphatic carbocycles. The highest BCUT2D eigenvalue weighted by molar-refractivity contribution is 6.03. The number of ether oxygens (including phenoxy) is 2. The number of hydrogen-bond donors (Lipinski definition) is 1. The van der Waals surface area contributed by atoms with Gasteiger partial charge < -0.3 is 14.8 Å². The average molecular weight is 316 g/mol. The number of anilines is 1. The van der Waals surface area contributed by atoms with Gasteiger partial charge in [0.15, 0.2) is 0 Å². The van der Waals surface area contributed by atoms with Crippen molar-refractivity contribution in [1.82, 2.24) is 4.98 Å². The lowest BCUT2D eigenvalue weighted by Crippen LogP contribution is -2.18. The van der Waals surface area contributed by atoms with Crippen molar-refractivity contribution >= 4 is 11.6 Å². The first-order valence-electron chi connectivity index (χ1n) is 7.49.